The van der Waals surface area contributed by atoms with E-state index in [1.54, 1.807) is 7.11 Å². The summed E-state index contributed by atoms with van der Waals surface area (Å²) in [5.74, 6) is 1.64. The lowest BCUT2D eigenvalue weighted by molar-refractivity contribution is 0.157. The predicted octanol–water partition coefficient (Wildman–Crippen LogP) is 3.91. The first-order chi connectivity index (χ1) is 11.7. The van der Waals surface area contributed by atoms with Gasteiger partial charge in [-0.2, -0.15) is 0 Å². The Morgan fingerprint density at radius 1 is 1.28 bits per heavy atom. The van der Waals surface area contributed by atoms with Crippen molar-refractivity contribution in [2.45, 2.75) is 38.5 Å². The van der Waals surface area contributed by atoms with Crippen molar-refractivity contribution in [1.82, 2.24) is 10.2 Å². The molecule has 0 saturated carbocycles. The highest BCUT2D eigenvalue weighted by Gasteiger charge is 2.30. The normalized spacial score (nSPS) is 18.2. The van der Waals surface area contributed by atoms with E-state index in [1.807, 2.05) is 7.05 Å². The molecule has 1 aliphatic heterocycles. The lowest BCUT2D eigenvalue weighted by Crippen LogP contribution is -2.46. The third-order valence-corrected chi connectivity index (χ3v) is 5.52. The summed E-state index contributed by atoms with van der Waals surface area (Å²) >= 11 is 0. The number of ether oxygens (including phenoxy) is 1. The fourth-order valence-electron chi connectivity index (χ4n) is 3.78. The van der Waals surface area contributed by atoms with Crippen molar-refractivity contribution in [2.75, 3.05) is 40.4 Å². The van der Waals surface area contributed by atoms with Crippen molar-refractivity contribution in [1.29, 1.82) is 0 Å². The molecule has 0 aliphatic carbocycles. The van der Waals surface area contributed by atoms with Gasteiger partial charge >= 0.3 is 0 Å². The van der Waals surface area contributed by atoms with E-state index in [-0.39, 0.29) is 29.4 Å². The highest BCUT2D eigenvalue weighted by atomic mass is 127. The summed E-state index contributed by atoms with van der Waals surface area (Å²) < 4.78 is 5.31. The maximum Gasteiger partial charge on any atom is 0.193 e. The van der Waals surface area contributed by atoms with Crippen molar-refractivity contribution in [3.8, 4) is 0 Å². The van der Waals surface area contributed by atoms with Crippen LogP contribution in [0, 0.1) is 5.92 Å². The molecule has 1 heterocycles. The summed E-state index contributed by atoms with van der Waals surface area (Å²) in [6, 6.07) is 10.9. The molecule has 1 saturated heterocycles. The first-order valence-corrected chi connectivity index (χ1v) is 9.19. The molecule has 1 unspecified atom stereocenters. The van der Waals surface area contributed by atoms with Crippen LogP contribution in [0.25, 0.3) is 0 Å². The van der Waals surface area contributed by atoms with Crippen LogP contribution in [0.5, 0.6) is 0 Å². The molecule has 25 heavy (non-hydrogen) atoms. The van der Waals surface area contributed by atoms with E-state index in [1.165, 1.54) is 12.0 Å². The molecule has 0 spiro atoms. The Balaban J connectivity index is 0.00000312. The van der Waals surface area contributed by atoms with Crippen LogP contribution in [-0.4, -0.2) is 51.3 Å². The van der Waals surface area contributed by atoms with Crippen molar-refractivity contribution in [3.05, 3.63) is 35.9 Å². The number of aliphatic imine (C=N–C) groups is 1. The molecule has 1 aromatic rings. The predicted molar refractivity (Wildman–Crippen MR) is 117 cm³/mol. The maximum absolute atomic E-state index is 5.31. The highest BCUT2D eigenvalue weighted by Crippen LogP contribution is 2.31. The van der Waals surface area contributed by atoms with Gasteiger partial charge in [-0.1, -0.05) is 44.2 Å². The zero-order valence-electron chi connectivity index (χ0n) is 16.1. The first kappa shape index (κ1) is 22.2. The molecule has 4 nitrogen and oxygen atoms in total. The number of likely N-dealkylation sites (tertiary alicyclic amines) is 1. The van der Waals surface area contributed by atoms with E-state index in [4.69, 9.17) is 4.74 Å². The zero-order chi connectivity index (χ0) is 17.4. The average Bonchev–Trinajstić information content (AvgIpc) is 3.09. The SMILES string of the molecule is CCC(CC)(CNC(=NC)N1CCC(COC)C1)c1ccccc1.I. The Bertz CT molecular complexity index is 517. The quantitative estimate of drug-likeness (QED) is 0.382. The second-order valence-electron chi connectivity index (χ2n) is 6.81. The molecule has 0 amide bonds. The second kappa shape index (κ2) is 11.0. The smallest absolute Gasteiger partial charge is 0.193 e. The number of benzene rings is 1. The second-order valence-corrected chi connectivity index (χ2v) is 6.81. The molecule has 1 N–H and O–H groups in total. The van der Waals surface area contributed by atoms with Gasteiger partial charge in [0.2, 0.25) is 0 Å². The van der Waals surface area contributed by atoms with Crippen LogP contribution in [0.4, 0.5) is 0 Å². The molecular weight excluding hydrogens is 425 g/mol. The van der Waals surface area contributed by atoms with Gasteiger partial charge in [-0.3, -0.25) is 4.99 Å². The summed E-state index contributed by atoms with van der Waals surface area (Å²) in [4.78, 5) is 6.89. The van der Waals surface area contributed by atoms with E-state index in [9.17, 15) is 0 Å². The zero-order valence-corrected chi connectivity index (χ0v) is 18.5. The van der Waals surface area contributed by atoms with Gasteiger partial charge in [0.25, 0.3) is 0 Å². The van der Waals surface area contributed by atoms with Gasteiger partial charge in [0.15, 0.2) is 5.96 Å². The van der Waals surface area contributed by atoms with E-state index in [2.05, 4.69) is 59.4 Å². The van der Waals surface area contributed by atoms with Gasteiger partial charge in [-0.05, 0) is 24.8 Å². The van der Waals surface area contributed by atoms with E-state index in [0.717, 1.165) is 45.0 Å². The van der Waals surface area contributed by atoms with Gasteiger partial charge in [0, 0.05) is 45.1 Å². The van der Waals surface area contributed by atoms with Gasteiger partial charge in [0.1, 0.15) is 0 Å². The summed E-state index contributed by atoms with van der Waals surface area (Å²) in [6.45, 7) is 8.42. The molecule has 1 atom stereocenters. The lowest BCUT2D eigenvalue weighted by Gasteiger charge is -2.34. The average molecular weight is 459 g/mol. The molecule has 142 valence electrons. The molecular formula is C20H34IN3O. The Labute approximate surface area is 170 Å². The number of hydrogen-bond acceptors (Lipinski definition) is 2. The van der Waals surface area contributed by atoms with Crippen LogP contribution in [-0.2, 0) is 10.2 Å². The van der Waals surface area contributed by atoms with Crippen LogP contribution in [0.2, 0.25) is 0 Å². The molecule has 1 fully saturated rings. The molecule has 5 heteroatoms. The molecule has 0 bridgehead atoms. The van der Waals surface area contributed by atoms with Crippen molar-refractivity contribution in [3.63, 3.8) is 0 Å². The van der Waals surface area contributed by atoms with Gasteiger partial charge < -0.3 is 15.0 Å². The van der Waals surface area contributed by atoms with Gasteiger partial charge in [-0.25, -0.2) is 0 Å². The summed E-state index contributed by atoms with van der Waals surface area (Å²) in [5, 5.41) is 3.65. The molecule has 2 rings (SSSR count). The fraction of sp³-hybridized carbons (Fsp3) is 0.650. The lowest BCUT2D eigenvalue weighted by atomic mass is 9.76. The van der Waals surface area contributed by atoms with Crippen LogP contribution in [0.3, 0.4) is 0 Å². The van der Waals surface area contributed by atoms with Gasteiger partial charge in [-0.15, -0.1) is 24.0 Å². The van der Waals surface area contributed by atoms with E-state index in [0.29, 0.717) is 5.92 Å². The Morgan fingerprint density at radius 2 is 1.96 bits per heavy atom. The third-order valence-electron chi connectivity index (χ3n) is 5.52. The van der Waals surface area contributed by atoms with Crippen LogP contribution >= 0.6 is 24.0 Å². The number of methoxy groups -OCH3 is 1. The summed E-state index contributed by atoms with van der Waals surface area (Å²) in [6.07, 6.45) is 3.41. The standard InChI is InChI=1S/C20H33N3O.HI/c1-5-20(6-2,18-10-8-7-9-11-18)16-22-19(21-3)23-13-12-17(14-23)15-24-4;/h7-11,17H,5-6,12-16H2,1-4H3,(H,21,22);1H. The van der Waals surface area contributed by atoms with Crippen molar-refractivity contribution < 1.29 is 4.74 Å². The minimum Gasteiger partial charge on any atom is -0.384 e. The van der Waals surface area contributed by atoms with E-state index >= 15 is 0 Å². The first-order valence-electron chi connectivity index (χ1n) is 9.19. The molecule has 0 aromatic heterocycles. The maximum atomic E-state index is 5.31. The monoisotopic (exact) mass is 459 g/mol. The number of guanidine groups is 1. The number of rotatable bonds is 7. The van der Waals surface area contributed by atoms with Gasteiger partial charge in [0.05, 0.1) is 6.61 Å². The fourth-order valence-corrected chi connectivity index (χ4v) is 3.78. The Hall–Kier alpha value is -0.820. The third kappa shape index (κ3) is 5.58. The summed E-state index contributed by atoms with van der Waals surface area (Å²) in [5.41, 5.74) is 1.57. The minimum absolute atomic E-state index is 0. The molecule has 1 aromatic carbocycles. The number of nitrogens with zero attached hydrogens (tertiary/aromatic N) is 2. The van der Waals surface area contributed by atoms with E-state index < -0.39 is 0 Å². The van der Waals surface area contributed by atoms with Crippen LogP contribution in [0.15, 0.2) is 35.3 Å². The summed E-state index contributed by atoms with van der Waals surface area (Å²) in [7, 11) is 3.67. The van der Waals surface area contributed by atoms with Crippen molar-refractivity contribution in [2.24, 2.45) is 10.9 Å². The van der Waals surface area contributed by atoms with Crippen LogP contribution in [0.1, 0.15) is 38.7 Å². The topological polar surface area (TPSA) is 36.9 Å². The number of hydrogen-bond donors (Lipinski definition) is 1. The van der Waals surface area contributed by atoms with Crippen molar-refractivity contribution >= 4 is 29.9 Å². The number of nitrogens with one attached hydrogen (secondary N) is 1. The minimum atomic E-state index is 0. The highest BCUT2D eigenvalue weighted by molar-refractivity contribution is 14.0. The number of halogens is 1. The Kier molecular flexibility index (Phi) is 9.79. The van der Waals surface area contributed by atoms with Crippen LogP contribution < -0.4 is 5.32 Å². The largest absolute Gasteiger partial charge is 0.384 e. The molecule has 0 radical (unpaired) electrons. The molecule has 1 aliphatic rings. The Morgan fingerprint density at radius 3 is 2.52 bits per heavy atom.